The number of fused-ring (bicyclic) bond motifs is 1. The molecule has 50 heavy (non-hydrogen) atoms. The van der Waals surface area contributed by atoms with Gasteiger partial charge in [0.15, 0.2) is 11.6 Å². The minimum atomic E-state index is -1.06. The summed E-state index contributed by atoms with van der Waals surface area (Å²) in [5, 5.41) is 19.0. The van der Waals surface area contributed by atoms with Gasteiger partial charge in [-0.25, -0.2) is 8.78 Å². The first-order chi connectivity index (χ1) is 24.1. The molecular weight excluding hydrogens is 646 g/mol. The second-order valence-corrected chi connectivity index (χ2v) is 11.9. The van der Waals surface area contributed by atoms with Crippen LogP contribution in [0.3, 0.4) is 0 Å². The Kier molecular flexibility index (Phi) is 11.8. The van der Waals surface area contributed by atoms with Gasteiger partial charge in [-0.1, -0.05) is 59.7 Å². The quantitative estimate of drug-likeness (QED) is 0.0602. The molecule has 0 fully saturated rings. The first-order valence-corrected chi connectivity index (χ1v) is 16.0. The summed E-state index contributed by atoms with van der Waals surface area (Å²) in [5.41, 5.74) is 12.8. The number of ether oxygens (including phenoxy) is 1. The summed E-state index contributed by atoms with van der Waals surface area (Å²) in [6, 6.07) is 20.4. The lowest BCUT2D eigenvalue weighted by Crippen LogP contribution is -2.53. The number of hydrogen-bond donors (Lipinski definition) is 3. The largest absolute Gasteiger partial charge is 0.505 e. The number of Topliss-reactive ketones (excluding diaryl/α,β-unsaturated/α-hetero) is 1. The first kappa shape index (κ1) is 35.5. The van der Waals surface area contributed by atoms with Crippen LogP contribution in [0.2, 0.25) is 0 Å². The maximum atomic E-state index is 14.4. The fourth-order valence-electron chi connectivity index (χ4n) is 5.71. The van der Waals surface area contributed by atoms with E-state index in [9.17, 15) is 28.3 Å². The smallest absolute Gasteiger partial charge is 0.254 e. The van der Waals surface area contributed by atoms with Gasteiger partial charge in [-0.05, 0) is 59.0 Å². The SMILES string of the molecule is Cc1ccc(C(=O)N2Cc3ccccc3C[C@H]2C(=O)NCCOCCC(=O)Cc2ccc(N=[N+]=[N-])cc2)cc1NCc1c(F)ccc(O)c1F. The van der Waals surface area contributed by atoms with Gasteiger partial charge in [0.1, 0.15) is 17.6 Å². The number of aromatic hydroxyl groups is 1. The minimum Gasteiger partial charge on any atom is -0.505 e. The predicted octanol–water partition coefficient (Wildman–Crippen LogP) is 6.43. The molecule has 258 valence electrons. The number of amides is 2. The van der Waals surface area contributed by atoms with Crippen LogP contribution in [0.4, 0.5) is 20.2 Å². The van der Waals surface area contributed by atoms with Crippen LogP contribution < -0.4 is 10.6 Å². The van der Waals surface area contributed by atoms with Gasteiger partial charge in [0.05, 0.1) is 13.2 Å². The molecule has 4 aromatic carbocycles. The lowest BCUT2D eigenvalue weighted by Gasteiger charge is -2.36. The Morgan fingerprint density at radius 2 is 1.78 bits per heavy atom. The molecule has 0 saturated carbocycles. The van der Waals surface area contributed by atoms with Crippen molar-refractivity contribution in [2.24, 2.45) is 5.11 Å². The molecule has 1 atom stereocenters. The van der Waals surface area contributed by atoms with E-state index in [1.165, 1.54) is 4.90 Å². The highest BCUT2D eigenvalue weighted by molar-refractivity contribution is 5.99. The number of nitrogens with one attached hydrogen (secondary N) is 2. The number of phenolic OH excluding ortho intramolecular Hbond substituents is 1. The lowest BCUT2D eigenvalue weighted by molar-refractivity contribution is -0.126. The number of halogens is 2. The highest BCUT2D eigenvalue weighted by Gasteiger charge is 2.35. The molecule has 0 unspecified atom stereocenters. The Morgan fingerprint density at radius 3 is 2.54 bits per heavy atom. The van der Waals surface area contributed by atoms with Crippen molar-refractivity contribution in [3.05, 3.63) is 134 Å². The molecule has 0 radical (unpaired) electrons. The zero-order valence-electron chi connectivity index (χ0n) is 27.4. The fourth-order valence-corrected chi connectivity index (χ4v) is 5.71. The average molecular weight is 683 g/mol. The van der Waals surface area contributed by atoms with E-state index in [0.717, 1.165) is 34.4 Å². The topological polar surface area (TPSA) is 157 Å². The number of ketones is 1. The van der Waals surface area contributed by atoms with E-state index < -0.39 is 23.4 Å². The number of benzene rings is 4. The summed E-state index contributed by atoms with van der Waals surface area (Å²) >= 11 is 0. The van der Waals surface area contributed by atoms with Crippen molar-refractivity contribution in [1.82, 2.24) is 10.2 Å². The van der Waals surface area contributed by atoms with Crippen LogP contribution >= 0.6 is 0 Å². The number of azide groups is 1. The molecule has 1 aliphatic rings. The average Bonchev–Trinajstić information content (AvgIpc) is 3.12. The van der Waals surface area contributed by atoms with Crippen LogP contribution in [0.25, 0.3) is 10.4 Å². The van der Waals surface area contributed by atoms with Crippen molar-refractivity contribution >= 4 is 29.0 Å². The molecule has 0 saturated heterocycles. The summed E-state index contributed by atoms with van der Waals surface area (Å²) in [4.78, 5) is 44.0. The zero-order chi connectivity index (χ0) is 35.6. The zero-order valence-corrected chi connectivity index (χ0v) is 27.4. The molecule has 4 aromatic rings. The predicted molar refractivity (Wildman–Crippen MR) is 183 cm³/mol. The molecule has 0 aliphatic carbocycles. The maximum Gasteiger partial charge on any atom is 0.254 e. The third kappa shape index (κ3) is 8.81. The summed E-state index contributed by atoms with van der Waals surface area (Å²) in [7, 11) is 0. The Balaban J connectivity index is 1.18. The summed E-state index contributed by atoms with van der Waals surface area (Å²) in [6.45, 7) is 2.25. The Bertz CT molecular complexity index is 1930. The Labute approximate surface area is 287 Å². The Hall–Kier alpha value is -5.78. The van der Waals surface area contributed by atoms with Crippen molar-refractivity contribution in [1.29, 1.82) is 0 Å². The highest BCUT2D eigenvalue weighted by Crippen LogP contribution is 2.28. The van der Waals surface area contributed by atoms with Crippen molar-refractivity contribution in [3.8, 4) is 5.75 Å². The normalized spacial score (nSPS) is 13.6. The molecule has 0 bridgehead atoms. The second kappa shape index (κ2) is 16.6. The molecule has 2 amide bonds. The van der Waals surface area contributed by atoms with Gasteiger partial charge in [-0.15, -0.1) is 0 Å². The third-order valence-electron chi connectivity index (χ3n) is 8.49. The van der Waals surface area contributed by atoms with E-state index in [4.69, 9.17) is 10.3 Å². The van der Waals surface area contributed by atoms with Gasteiger partial charge in [0.25, 0.3) is 5.91 Å². The fraction of sp³-hybridized carbons (Fsp3) is 0.270. The van der Waals surface area contributed by atoms with Crippen LogP contribution in [0.15, 0.2) is 84.0 Å². The molecule has 1 heterocycles. The third-order valence-corrected chi connectivity index (χ3v) is 8.49. The van der Waals surface area contributed by atoms with Gasteiger partial charge < -0.3 is 25.4 Å². The van der Waals surface area contributed by atoms with E-state index in [2.05, 4.69) is 20.7 Å². The molecular formula is C37H36F2N6O5. The summed E-state index contributed by atoms with van der Waals surface area (Å²) < 4.78 is 34.3. The van der Waals surface area contributed by atoms with E-state index in [0.29, 0.717) is 17.8 Å². The monoisotopic (exact) mass is 682 g/mol. The number of aryl methyl sites for hydroxylation is 1. The number of hydrogen-bond acceptors (Lipinski definition) is 7. The van der Waals surface area contributed by atoms with Crippen LogP contribution in [-0.2, 0) is 40.3 Å². The Morgan fingerprint density at radius 1 is 1.02 bits per heavy atom. The van der Waals surface area contributed by atoms with Crippen LogP contribution in [0.5, 0.6) is 5.75 Å². The van der Waals surface area contributed by atoms with Crippen molar-refractivity contribution in [2.75, 3.05) is 25.1 Å². The number of rotatable bonds is 14. The second-order valence-electron chi connectivity index (χ2n) is 11.9. The van der Waals surface area contributed by atoms with Crippen molar-refractivity contribution in [3.63, 3.8) is 0 Å². The molecule has 0 aromatic heterocycles. The number of anilines is 1. The first-order valence-electron chi connectivity index (χ1n) is 16.0. The number of carbonyl (C=O) groups excluding carboxylic acids is 3. The molecule has 0 spiro atoms. The standard InChI is InChI=1S/C37H36F2N6O5/c1-23-6-9-26(19-32(23)42-21-30-31(38)12-13-34(47)35(30)39)37(49)45-22-27-5-3-2-4-25(27)20-33(45)36(48)41-15-17-50-16-14-29(46)18-24-7-10-28(11-8-24)43-44-40/h2-13,19,33,42,47H,14-18,20-22H2,1H3,(H,41,48)/t33-/m0/s1. The molecule has 1 aliphatic heterocycles. The summed E-state index contributed by atoms with van der Waals surface area (Å²) in [6.07, 6.45) is 0.718. The van der Waals surface area contributed by atoms with E-state index >= 15 is 0 Å². The van der Waals surface area contributed by atoms with Gasteiger partial charge in [-0.3, -0.25) is 14.4 Å². The van der Waals surface area contributed by atoms with Crippen LogP contribution in [0.1, 0.15) is 44.6 Å². The van der Waals surface area contributed by atoms with Crippen molar-refractivity contribution < 1.29 is 33.0 Å². The van der Waals surface area contributed by atoms with Gasteiger partial charge in [-0.2, -0.15) is 0 Å². The van der Waals surface area contributed by atoms with Crippen molar-refractivity contribution in [2.45, 2.75) is 45.3 Å². The highest BCUT2D eigenvalue weighted by atomic mass is 19.1. The maximum absolute atomic E-state index is 14.4. The number of nitrogens with zero attached hydrogens (tertiary/aromatic N) is 4. The van der Waals surface area contributed by atoms with Gasteiger partial charge in [0, 0.05) is 66.3 Å². The number of phenols is 1. The van der Waals surface area contributed by atoms with Gasteiger partial charge in [0.2, 0.25) is 5.91 Å². The molecule has 13 heteroatoms. The molecule has 3 N–H and O–H groups in total. The molecule has 11 nitrogen and oxygen atoms in total. The van der Waals surface area contributed by atoms with E-state index in [1.807, 2.05) is 24.3 Å². The van der Waals surface area contributed by atoms with Gasteiger partial charge >= 0.3 is 0 Å². The van der Waals surface area contributed by atoms with Crippen LogP contribution in [0, 0.1) is 18.6 Å². The van der Waals surface area contributed by atoms with Crippen LogP contribution in [-0.4, -0.2) is 53.4 Å². The summed E-state index contributed by atoms with van der Waals surface area (Å²) in [5.74, 6) is -3.30. The van der Waals surface area contributed by atoms with E-state index in [-0.39, 0.29) is 74.4 Å². The number of carbonyl (C=O) groups is 3. The molecule has 5 rings (SSSR count). The minimum absolute atomic E-state index is 0.0197. The lowest BCUT2D eigenvalue weighted by atomic mass is 9.92. The van der Waals surface area contributed by atoms with E-state index in [1.54, 1.807) is 49.4 Å².